The van der Waals surface area contributed by atoms with Crippen molar-refractivity contribution in [3.63, 3.8) is 0 Å². The number of para-hydroxylation sites is 1. The van der Waals surface area contributed by atoms with Crippen LogP contribution in [0.5, 0.6) is 5.88 Å². The molecule has 20 heavy (non-hydrogen) atoms. The van der Waals surface area contributed by atoms with Gasteiger partial charge in [0.25, 0.3) is 0 Å². The summed E-state index contributed by atoms with van der Waals surface area (Å²) in [7, 11) is -0.275. The maximum absolute atomic E-state index is 12.0. The van der Waals surface area contributed by atoms with E-state index >= 15 is 0 Å². The van der Waals surface area contributed by atoms with E-state index in [9.17, 15) is 8.42 Å². The lowest BCUT2D eigenvalue weighted by Crippen LogP contribution is -2.14. The van der Waals surface area contributed by atoms with Crippen LogP contribution in [0.1, 0.15) is 5.56 Å². The summed E-state index contributed by atoms with van der Waals surface area (Å²) in [5.41, 5.74) is 1.35. The van der Waals surface area contributed by atoms with Gasteiger partial charge in [-0.2, -0.15) is 0 Å². The van der Waals surface area contributed by atoms with Crippen LogP contribution >= 0.6 is 0 Å². The van der Waals surface area contributed by atoms with Crippen LogP contribution in [0.15, 0.2) is 30.3 Å². The van der Waals surface area contributed by atoms with E-state index in [1.807, 2.05) is 30.3 Å². The molecular weight excluding hydrogens is 278 g/mol. The number of aromatic nitrogens is 1. The summed E-state index contributed by atoms with van der Waals surface area (Å²) in [6, 6.07) is 9.34. The molecule has 0 saturated carbocycles. The number of hydrogen-bond acceptors (Lipinski definition) is 5. The molecule has 0 aliphatic heterocycles. The molecule has 2 rings (SSSR count). The van der Waals surface area contributed by atoms with Crippen LogP contribution in [-0.4, -0.2) is 40.0 Å². The second-order valence-electron chi connectivity index (χ2n) is 4.43. The normalized spacial score (nSPS) is 11.7. The van der Waals surface area contributed by atoms with Crippen LogP contribution in [0.3, 0.4) is 0 Å². The number of nitrogens with zero attached hydrogens (tertiary/aromatic N) is 1. The Bertz CT molecular complexity index is 697. The highest BCUT2D eigenvalue weighted by atomic mass is 32.2. The number of benzene rings is 1. The summed E-state index contributed by atoms with van der Waals surface area (Å²) < 4.78 is 34.0. The van der Waals surface area contributed by atoms with Gasteiger partial charge in [0.15, 0.2) is 9.84 Å². The van der Waals surface area contributed by atoms with E-state index in [0.717, 1.165) is 10.9 Å². The third-order valence-electron chi connectivity index (χ3n) is 2.93. The number of hydrogen-bond donors (Lipinski definition) is 0. The topological polar surface area (TPSA) is 65.5 Å². The molecule has 2 aromatic rings. The fraction of sp³-hybridized carbons (Fsp3) is 0.357. The molecule has 1 aromatic carbocycles. The van der Waals surface area contributed by atoms with Crippen LogP contribution in [0.4, 0.5) is 0 Å². The van der Waals surface area contributed by atoms with E-state index in [4.69, 9.17) is 9.47 Å². The first kappa shape index (κ1) is 14.7. The number of methoxy groups -OCH3 is 2. The quantitative estimate of drug-likeness (QED) is 0.813. The Morgan fingerprint density at radius 3 is 2.65 bits per heavy atom. The summed E-state index contributed by atoms with van der Waals surface area (Å²) in [4.78, 5) is 4.34. The molecule has 0 fully saturated rings. The Morgan fingerprint density at radius 2 is 1.95 bits per heavy atom. The van der Waals surface area contributed by atoms with Crippen LogP contribution < -0.4 is 4.74 Å². The molecule has 0 atom stereocenters. The van der Waals surface area contributed by atoms with Gasteiger partial charge < -0.3 is 9.47 Å². The summed E-state index contributed by atoms with van der Waals surface area (Å²) in [5.74, 6) is 0.237. The van der Waals surface area contributed by atoms with Crippen LogP contribution in [0.2, 0.25) is 0 Å². The molecule has 0 saturated heterocycles. The number of fused-ring (bicyclic) bond motifs is 1. The zero-order valence-corrected chi connectivity index (χ0v) is 12.3. The fourth-order valence-electron chi connectivity index (χ4n) is 1.94. The van der Waals surface area contributed by atoms with Gasteiger partial charge in [0.05, 0.1) is 30.7 Å². The zero-order valence-electron chi connectivity index (χ0n) is 11.5. The number of ether oxygens (including phenoxy) is 2. The molecule has 0 N–H and O–H groups in total. The van der Waals surface area contributed by atoms with Crippen molar-refractivity contribution in [2.24, 2.45) is 0 Å². The Kier molecular flexibility index (Phi) is 4.57. The zero-order chi connectivity index (χ0) is 14.6. The molecule has 0 amide bonds. The minimum atomic E-state index is -3.24. The van der Waals surface area contributed by atoms with Crippen LogP contribution in [-0.2, 0) is 20.3 Å². The Balaban J connectivity index is 2.37. The first-order valence-electron chi connectivity index (χ1n) is 6.18. The summed E-state index contributed by atoms with van der Waals surface area (Å²) in [6.45, 7) is 0.186. The van der Waals surface area contributed by atoms with Crippen molar-refractivity contribution in [3.05, 3.63) is 35.9 Å². The van der Waals surface area contributed by atoms with Gasteiger partial charge in [0.2, 0.25) is 5.88 Å². The van der Waals surface area contributed by atoms with Crippen molar-refractivity contribution in [1.82, 2.24) is 4.98 Å². The average molecular weight is 295 g/mol. The highest BCUT2D eigenvalue weighted by Gasteiger charge is 2.16. The molecular formula is C14H17NO4S. The first-order valence-corrected chi connectivity index (χ1v) is 8.00. The van der Waals surface area contributed by atoms with Crippen molar-refractivity contribution in [1.29, 1.82) is 0 Å². The number of sulfone groups is 1. The van der Waals surface area contributed by atoms with Gasteiger partial charge in [0.1, 0.15) is 0 Å². The predicted octanol–water partition coefficient (Wildman–Crippen LogP) is 1.80. The van der Waals surface area contributed by atoms with E-state index < -0.39 is 9.84 Å². The van der Waals surface area contributed by atoms with Gasteiger partial charge in [-0.1, -0.05) is 18.2 Å². The maximum Gasteiger partial charge on any atom is 0.217 e. The van der Waals surface area contributed by atoms with Crippen molar-refractivity contribution in [3.8, 4) is 5.88 Å². The molecule has 0 radical (unpaired) electrons. The van der Waals surface area contributed by atoms with Crippen molar-refractivity contribution in [2.75, 3.05) is 26.6 Å². The van der Waals surface area contributed by atoms with E-state index in [1.54, 1.807) is 0 Å². The molecule has 6 heteroatoms. The highest BCUT2D eigenvalue weighted by Crippen LogP contribution is 2.24. The predicted molar refractivity (Wildman–Crippen MR) is 77.7 cm³/mol. The molecule has 0 aliphatic rings. The van der Waals surface area contributed by atoms with E-state index in [1.165, 1.54) is 14.2 Å². The first-order chi connectivity index (χ1) is 9.55. The number of pyridine rings is 1. The summed E-state index contributed by atoms with van der Waals surface area (Å²) >= 11 is 0. The molecule has 5 nitrogen and oxygen atoms in total. The highest BCUT2D eigenvalue weighted by molar-refractivity contribution is 7.90. The lowest BCUT2D eigenvalue weighted by Gasteiger charge is -2.10. The summed E-state index contributed by atoms with van der Waals surface area (Å²) in [6.07, 6.45) is 0. The van der Waals surface area contributed by atoms with Gasteiger partial charge >= 0.3 is 0 Å². The smallest absolute Gasteiger partial charge is 0.217 e. The Labute approximate surface area is 118 Å². The summed E-state index contributed by atoms with van der Waals surface area (Å²) in [5, 5.41) is 0.894. The minimum absolute atomic E-state index is 0.0144. The standard InChI is InChI=1S/C14H17NO4S/c1-18-7-8-20(16,17)10-12-9-11-5-3-4-6-13(11)15-14(12)19-2/h3-6,9H,7-8,10H2,1-2H3. The molecule has 0 aliphatic carbocycles. The Hall–Kier alpha value is -1.66. The SMILES string of the molecule is COCCS(=O)(=O)Cc1cc2ccccc2nc1OC. The third kappa shape index (κ3) is 3.46. The molecule has 0 spiro atoms. The van der Waals surface area contributed by atoms with Gasteiger partial charge in [-0.05, 0) is 12.1 Å². The lowest BCUT2D eigenvalue weighted by atomic mass is 10.2. The third-order valence-corrected chi connectivity index (χ3v) is 4.47. The molecule has 1 heterocycles. The van der Waals surface area contributed by atoms with Crippen LogP contribution in [0, 0.1) is 0 Å². The molecule has 1 aromatic heterocycles. The fourth-order valence-corrected chi connectivity index (χ4v) is 3.19. The maximum atomic E-state index is 12.0. The van der Waals surface area contributed by atoms with Gasteiger partial charge in [0, 0.05) is 18.1 Å². The Morgan fingerprint density at radius 1 is 1.20 bits per heavy atom. The van der Waals surface area contributed by atoms with E-state index in [0.29, 0.717) is 11.4 Å². The van der Waals surface area contributed by atoms with Gasteiger partial charge in [-0.15, -0.1) is 0 Å². The molecule has 0 unspecified atom stereocenters. The molecule has 0 bridgehead atoms. The van der Waals surface area contributed by atoms with Crippen LogP contribution in [0.25, 0.3) is 10.9 Å². The second kappa shape index (κ2) is 6.19. The second-order valence-corrected chi connectivity index (χ2v) is 6.62. The largest absolute Gasteiger partial charge is 0.481 e. The monoisotopic (exact) mass is 295 g/mol. The van der Waals surface area contributed by atoms with Gasteiger partial charge in [-0.25, -0.2) is 13.4 Å². The van der Waals surface area contributed by atoms with Gasteiger partial charge in [-0.3, -0.25) is 0 Å². The van der Waals surface area contributed by atoms with Crippen molar-refractivity contribution >= 4 is 20.7 Å². The number of rotatable bonds is 6. The molecule has 108 valence electrons. The van der Waals surface area contributed by atoms with E-state index in [-0.39, 0.29) is 18.1 Å². The lowest BCUT2D eigenvalue weighted by molar-refractivity contribution is 0.217. The average Bonchev–Trinajstić information content (AvgIpc) is 2.44. The van der Waals surface area contributed by atoms with Crippen molar-refractivity contribution < 1.29 is 17.9 Å². The van der Waals surface area contributed by atoms with E-state index in [2.05, 4.69) is 4.98 Å². The van der Waals surface area contributed by atoms with Crippen molar-refractivity contribution in [2.45, 2.75) is 5.75 Å². The minimum Gasteiger partial charge on any atom is -0.481 e.